The molecule has 0 amide bonds. The van der Waals surface area contributed by atoms with Gasteiger partial charge in [0.15, 0.2) is 0 Å². The fraction of sp³-hybridized carbons (Fsp3) is 0.816. The van der Waals surface area contributed by atoms with E-state index in [1.54, 1.807) is 15.8 Å². The van der Waals surface area contributed by atoms with Crippen LogP contribution in [-0.4, -0.2) is 4.70 Å². The monoisotopic (exact) mass is 1290 g/mol. The van der Waals surface area contributed by atoms with Crippen LogP contribution in [0.15, 0.2) is 35.4 Å². The van der Waals surface area contributed by atoms with Gasteiger partial charge in [-0.1, -0.05) is 230 Å². The second-order valence-electron chi connectivity index (χ2n) is 28.5. The summed E-state index contributed by atoms with van der Waals surface area (Å²) in [5.74, 6) is 0. The zero-order valence-corrected chi connectivity index (χ0v) is 63.6. The standard InChI is InChI=1S/C47H74N2.2C20H41.Ni/c1-9-17-21-29-42-36(24-13-5)32-40(33-37(42)25-14-6)46-44(28-20-12-4)45(31-23-19-11-3)47(49(46)48)41-34-38(26-15-7)43(30-22-18-10-2)39(35-41)27-16-8;2*1-3-5-7-9-11-13-15-17-19-20-18-16-14-12-10-8-6-4-2;/h32-35H,9-31H2,1-8H3;2*1,3-20H2,2H3;. The SMILES string of the molecule is CCCCCC1=C(c2cc(CCC)c(CCCCC)c(CCC)c2)[N+](=[N-])C(c2cc(CCC)c(CCCCC)c(CCC)c2)=C1CCCC.CCCCCCCCCCCCCCCCCCC[CH2][Ni][CH2]CCCCCCCCCCCCCCCCCCC. The van der Waals surface area contributed by atoms with E-state index in [-0.39, 0.29) is 0 Å². The van der Waals surface area contributed by atoms with Crippen molar-refractivity contribution in [2.75, 3.05) is 0 Å². The Bertz CT molecular complexity index is 1960. The third kappa shape index (κ3) is 38.5. The fourth-order valence-corrected chi connectivity index (χ4v) is 15.7. The van der Waals surface area contributed by atoms with Gasteiger partial charge in [-0.3, -0.25) is 0 Å². The molecule has 0 fully saturated rings. The molecule has 0 saturated carbocycles. The van der Waals surface area contributed by atoms with Crippen molar-refractivity contribution in [2.45, 2.75) is 459 Å². The Morgan fingerprint density at radius 3 is 0.689 bits per heavy atom. The molecule has 0 atom stereocenters. The third-order valence-electron chi connectivity index (χ3n) is 19.9. The van der Waals surface area contributed by atoms with E-state index in [9.17, 15) is 5.53 Å². The summed E-state index contributed by atoms with van der Waals surface area (Å²) in [7, 11) is 0. The smallest absolute Gasteiger partial charge is 0.0654 e. The van der Waals surface area contributed by atoms with Crippen molar-refractivity contribution in [3.05, 3.63) is 85.5 Å². The third-order valence-corrected chi connectivity index (χ3v) is 21.3. The zero-order valence-electron chi connectivity index (χ0n) is 62.7. The maximum atomic E-state index is 12.6. The molecule has 0 N–H and O–H groups in total. The van der Waals surface area contributed by atoms with E-state index in [4.69, 9.17) is 0 Å². The summed E-state index contributed by atoms with van der Waals surface area (Å²) in [6.45, 7) is 23.1. The van der Waals surface area contributed by atoms with Crippen molar-refractivity contribution in [2.24, 2.45) is 0 Å². The van der Waals surface area contributed by atoms with Crippen molar-refractivity contribution in [1.82, 2.24) is 0 Å². The van der Waals surface area contributed by atoms with Crippen LogP contribution in [0.3, 0.4) is 0 Å². The van der Waals surface area contributed by atoms with E-state index in [1.165, 1.54) is 357 Å². The van der Waals surface area contributed by atoms with Gasteiger partial charge in [-0.2, -0.15) is 0 Å². The van der Waals surface area contributed by atoms with Gasteiger partial charge in [0.05, 0.1) is 0 Å². The molecule has 90 heavy (non-hydrogen) atoms. The van der Waals surface area contributed by atoms with E-state index in [0.717, 1.165) is 88.4 Å². The molecule has 0 spiro atoms. The molecule has 524 valence electrons. The van der Waals surface area contributed by atoms with Crippen LogP contribution in [0.5, 0.6) is 0 Å². The molecule has 0 radical (unpaired) electrons. The molecular weight excluding hydrogens is 1130 g/mol. The predicted octanol–water partition coefficient (Wildman–Crippen LogP) is 30.9. The van der Waals surface area contributed by atoms with Crippen molar-refractivity contribution >= 4 is 11.4 Å². The number of nitrogens with zero attached hydrogens (tertiary/aromatic N) is 2. The quantitative estimate of drug-likeness (QED) is 0.0358. The molecule has 3 heteroatoms. The topological polar surface area (TPSA) is 25.3 Å². The molecule has 2 aromatic carbocycles. The van der Waals surface area contributed by atoms with Crippen LogP contribution in [0, 0.1) is 0 Å². The Hall–Kier alpha value is -1.99. The van der Waals surface area contributed by atoms with E-state index in [1.807, 2.05) is 14.4 Å². The van der Waals surface area contributed by atoms with Gasteiger partial charge < -0.3 is 5.53 Å². The molecule has 0 saturated heterocycles. The molecular formula is C87H156N2Ni. The first-order valence-electron chi connectivity index (χ1n) is 41.1. The van der Waals surface area contributed by atoms with Crippen molar-refractivity contribution < 1.29 is 19.1 Å². The van der Waals surface area contributed by atoms with Gasteiger partial charge in [-0.25, -0.2) is 4.70 Å². The first kappa shape index (κ1) is 84.1. The molecule has 1 heterocycles. The Kier molecular flexibility index (Phi) is 56.7. The summed E-state index contributed by atoms with van der Waals surface area (Å²) in [5.41, 5.74) is 29.3. The van der Waals surface area contributed by atoms with Crippen LogP contribution in [0.1, 0.15) is 454 Å². The second kappa shape index (κ2) is 60.7. The average molecular weight is 1290 g/mol. The average Bonchev–Trinajstić information content (AvgIpc) is 1.58. The number of benzene rings is 2. The number of rotatable bonds is 63. The number of allylic oxidation sites excluding steroid dienone is 2. The Balaban J connectivity index is 0.000000625. The Morgan fingerprint density at radius 2 is 0.444 bits per heavy atom. The first-order chi connectivity index (χ1) is 44.3. The summed E-state index contributed by atoms with van der Waals surface area (Å²) >= 11 is 2.05. The van der Waals surface area contributed by atoms with Crippen molar-refractivity contribution in [1.29, 1.82) is 0 Å². The molecule has 0 unspecified atom stereocenters. The molecule has 1 aliphatic heterocycles. The molecule has 0 aromatic heterocycles. The van der Waals surface area contributed by atoms with Crippen LogP contribution in [0.4, 0.5) is 0 Å². The molecule has 2 nitrogen and oxygen atoms in total. The Labute approximate surface area is 571 Å². The van der Waals surface area contributed by atoms with Crippen LogP contribution < -0.4 is 0 Å². The predicted molar refractivity (Wildman–Crippen MR) is 404 cm³/mol. The molecule has 1 aliphatic rings. The van der Waals surface area contributed by atoms with Gasteiger partial charge in [0.2, 0.25) is 11.4 Å². The van der Waals surface area contributed by atoms with Crippen LogP contribution in [0.2, 0.25) is 10.8 Å². The molecule has 0 aliphatic carbocycles. The van der Waals surface area contributed by atoms with Gasteiger partial charge in [0.25, 0.3) is 0 Å². The van der Waals surface area contributed by atoms with Crippen LogP contribution in [0.25, 0.3) is 16.9 Å². The summed E-state index contributed by atoms with van der Waals surface area (Å²) in [6.07, 6.45) is 80.2. The molecule has 2 aromatic rings. The van der Waals surface area contributed by atoms with E-state index in [0.29, 0.717) is 0 Å². The first-order valence-corrected chi connectivity index (χ1v) is 42.5. The number of unbranched alkanes of at least 4 members (excludes halogenated alkanes) is 41. The maximum absolute atomic E-state index is 12.6. The summed E-state index contributed by atoms with van der Waals surface area (Å²) in [6, 6.07) is 9.96. The Morgan fingerprint density at radius 1 is 0.233 bits per heavy atom. The number of aryl methyl sites for hydroxylation is 4. The van der Waals surface area contributed by atoms with Gasteiger partial charge in [-0.05, 0) is 135 Å². The van der Waals surface area contributed by atoms with Gasteiger partial charge >= 0.3 is 166 Å². The summed E-state index contributed by atoms with van der Waals surface area (Å²) in [5, 5.41) is 2.87. The van der Waals surface area contributed by atoms with Gasteiger partial charge in [0.1, 0.15) is 0 Å². The van der Waals surface area contributed by atoms with Gasteiger partial charge in [0, 0.05) is 22.3 Å². The van der Waals surface area contributed by atoms with Crippen molar-refractivity contribution in [3.8, 4) is 0 Å². The summed E-state index contributed by atoms with van der Waals surface area (Å²) < 4.78 is 1.68. The van der Waals surface area contributed by atoms with E-state index < -0.39 is 0 Å². The second-order valence-corrected chi connectivity index (χ2v) is 30.0. The number of hydrogen-bond acceptors (Lipinski definition) is 0. The zero-order chi connectivity index (χ0) is 65.2. The number of hydrogen-bond donors (Lipinski definition) is 0. The van der Waals surface area contributed by atoms with E-state index >= 15 is 0 Å². The van der Waals surface area contributed by atoms with E-state index in [2.05, 4.69) is 93.5 Å². The molecule has 0 bridgehead atoms. The minimum Gasteiger partial charge on any atom is -0.0654 e. The fourth-order valence-electron chi connectivity index (χ4n) is 14.5. The minimum atomic E-state index is 1.02. The van der Waals surface area contributed by atoms with Crippen LogP contribution in [-0.2, 0) is 53.0 Å². The van der Waals surface area contributed by atoms with Crippen molar-refractivity contribution in [3.63, 3.8) is 0 Å². The van der Waals surface area contributed by atoms with Crippen LogP contribution >= 0.6 is 0 Å². The van der Waals surface area contributed by atoms with Gasteiger partial charge in [-0.15, -0.1) is 0 Å². The molecule has 3 rings (SSSR count). The minimum absolute atomic E-state index is 1.02. The summed E-state index contributed by atoms with van der Waals surface area (Å²) in [4.78, 5) is 0. The normalized spacial score (nSPS) is 12.6.